The van der Waals surface area contributed by atoms with Gasteiger partial charge >= 0.3 is 5.97 Å². The molecule has 0 aromatic carbocycles. The second kappa shape index (κ2) is 15.5. The van der Waals surface area contributed by atoms with E-state index in [2.05, 4.69) is 38.0 Å². The van der Waals surface area contributed by atoms with E-state index in [0.29, 0.717) is 30.2 Å². The molecule has 1 heterocycles. The highest BCUT2D eigenvalue weighted by molar-refractivity contribution is 5.85. The van der Waals surface area contributed by atoms with Crippen molar-refractivity contribution in [2.75, 3.05) is 19.8 Å². The number of nitrogens with zero attached hydrogens (tertiary/aromatic N) is 1. The zero-order chi connectivity index (χ0) is 25.7. The van der Waals surface area contributed by atoms with Gasteiger partial charge in [0.25, 0.3) is 0 Å². The smallest absolute Gasteiger partial charge is 0.354 e. The Bertz CT molecular complexity index is 746. The van der Waals surface area contributed by atoms with Crippen LogP contribution in [0.4, 0.5) is 0 Å². The number of aliphatic hydroxyl groups is 1. The molecular weight excluding hydrogens is 440 g/mol. The van der Waals surface area contributed by atoms with Gasteiger partial charge in [-0.25, -0.2) is 9.78 Å². The van der Waals surface area contributed by atoms with Crippen LogP contribution in [0.2, 0.25) is 0 Å². The Balaban J connectivity index is 0.000000247. The molecule has 3 N–H and O–H groups in total. The standard InChI is InChI=1S/C16H35NO.C13H15NO3/c1-5-6-7-8-9-10-11-12-13-17-16(4,14-18)15(2)3;15-13(16)11-6-5-10(9-3-4-9)12(14-11)17-7-8-1-2-8/h15,17-18H,5-14H2,1-4H3;5-6,8-9H,1-4,7H2,(H,15,16)/t16-;/m1./s1. The number of aromatic carboxylic acids is 1. The molecule has 0 unspecified atom stereocenters. The Kier molecular flexibility index (Phi) is 13.1. The van der Waals surface area contributed by atoms with Gasteiger partial charge in [0.1, 0.15) is 0 Å². The van der Waals surface area contributed by atoms with Gasteiger partial charge in [-0.1, -0.05) is 71.8 Å². The zero-order valence-electron chi connectivity index (χ0n) is 22.7. The van der Waals surface area contributed by atoms with Crippen LogP contribution in [0, 0.1) is 11.8 Å². The molecule has 3 rings (SSSR count). The number of aromatic nitrogens is 1. The molecular formula is C29H50N2O4. The van der Waals surface area contributed by atoms with Gasteiger partial charge in [0.2, 0.25) is 5.88 Å². The summed E-state index contributed by atoms with van der Waals surface area (Å²) in [7, 11) is 0. The van der Waals surface area contributed by atoms with Crippen molar-refractivity contribution >= 4 is 5.97 Å². The summed E-state index contributed by atoms with van der Waals surface area (Å²) >= 11 is 0. The van der Waals surface area contributed by atoms with Gasteiger partial charge in [-0.2, -0.15) is 0 Å². The van der Waals surface area contributed by atoms with Gasteiger partial charge in [0.05, 0.1) is 13.2 Å². The molecule has 6 heteroatoms. The van der Waals surface area contributed by atoms with Crippen LogP contribution in [0.1, 0.15) is 127 Å². The lowest BCUT2D eigenvalue weighted by Crippen LogP contribution is -2.50. The molecule has 0 spiro atoms. The molecule has 2 aliphatic carbocycles. The number of pyridine rings is 1. The summed E-state index contributed by atoms with van der Waals surface area (Å²) in [6.45, 7) is 10.6. The van der Waals surface area contributed by atoms with Crippen LogP contribution < -0.4 is 10.1 Å². The number of carboxylic acid groups (broad SMARTS) is 1. The molecule has 0 bridgehead atoms. The first-order chi connectivity index (χ1) is 16.8. The van der Waals surface area contributed by atoms with Crippen LogP contribution in [-0.2, 0) is 0 Å². The minimum absolute atomic E-state index is 0.0696. The van der Waals surface area contributed by atoms with Gasteiger partial charge < -0.3 is 20.3 Å². The van der Waals surface area contributed by atoms with E-state index in [-0.39, 0.29) is 17.8 Å². The van der Waals surface area contributed by atoms with Gasteiger partial charge in [-0.05, 0) is 69.4 Å². The summed E-state index contributed by atoms with van der Waals surface area (Å²) < 4.78 is 5.68. The molecule has 1 atom stereocenters. The van der Waals surface area contributed by atoms with E-state index in [1.54, 1.807) is 6.07 Å². The molecule has 0 amide bonds. The van der Waals surface area contributed by atoms with Crippen molar-refractivity contribution in [2.45, 2.75) is 116 Å². The van der Waals surface area contributed by atoms with Crippen molar-refractivity contribution in [1.29, 1.82) is 0 Å². The van der Waals surface area contributed by atoms with E-state index >= 15 is 0 Å². The molecule has 2 aliphatic rings. The third-order valence-electron chi connectivity index (χ3n) is 7.44. The molecule has 2 saturated carbocycles. The minimum atomic E-state index is -0.997. The molecule has 0 saturated heterocycles. The van der Waals surface area contributed by atoms with Gasteiger partial charge in [0, 0.05) is 11.1 Å². The first-order valence-electron chi connectivity index (χ1n) is 14.0. The lowest BCUT2D eigenvalue weighted by molar-refractivity contribution is 0.0689. The second-order valence-corrected chi connectivity index (χ2v) is 11.1. The highest BCUT2D eigenvalue weighted by Gasteiger charge is 2.30. The van der Waals surface area contributed by atoms with E-state index < -0.39 is 5.97 Å². The maximum Gasteiger partial charge on any atom is 0.354 e. The number of hydrogen-bond acceptors (Lipinski definition) is 5. The summed E-state index contributed by atoms with van der Waals surface area (Å²) in [5.74, 6) is 1.19. The van der Waals surface area contributed by atoms with Crippen molar-refractivity contribution in [3.63, 3.8) is 0 Å². The van der Waals surface area contributed by atoms with Crippen LogP contribution in [0.15, 0.2) is 12.1 Å². The maximum absolute atomic E-state index is 10.9. The molecule has 200 valence electrons. The average Bonchev–Trinajstić information content (AvgIpc) is 3.76. The van der Waals surface area contributed by atoms with Gasteiger partial charge in [-0.15, -0.1) is 0 Å². The van der Waals surface area contributed by atoms with E-state index in [1.807, 2.05) is 6.07 Å². The highest BCUT2D eigenvalue weighted by atomic mass is 16.5. The lowest BCUT2D eigenvalue weighted by atomic mass is 9.89. The van der Waals surface area contributed by atoms with E-state index in [9.17, 15) is 9.90 Å². The fraction of sp³-hybridized carbons (Fsp3) is 0.793. The number of aliphatic hydroxyl groups excluding tert-OH is 1. The number of hydrogen-bond donors (Lipinski definition) is 3. The van der Waals surface area contributed by atoms with Crippen molar-refractivity contribution in [1.82, 2.24) is 10.3 Å². The summed E-state index contributed by atoms with van der Waals surface area (Å²) in [6.07, 6.45) is 15.6. The summed E-state index contributed by atoms with van der Waals surface area (Å²) in [5.41, 5.74) is 1.04. The Morgan fingerprint density at radius 3 is 2.23 bits per heavy atom. The Morgan fingerprint density at radius 1 is 1.09 bits per heavy atom. The molecule has 6 nitrogen and oxygen atoms in total. The molecule has 35 heavy (non-hydrogen) atoms. The van der Waals surface area contributed by atoms with E-state index in [0.717, 1.165) is 24.9 Å². The van der Waals surface area contributed by atoms with E-state index in [1.165, 1.54) is 64.2 Å². The fourth-order valence-corrected chi connectivity index (χ4v) is 3.95. The monoisotopic (exact) mass is 490 g/mol. The highest BCUT2D eigenvalue weighted by Crippen LogP contribution is 2.44. The quantitative estimate of drug-likeness (QED) is 0.214. The zero-order valence-corrected chi connectivity index (χ0v) is 22.7. The normalized spacial score (nSPS) is 17.0. The first-order valence-corrected chi connectivity index (χ1v) is 14.0. The molecule has 1 aromatic rings. The van der Waals surface area contributed by atoms with Crippen molar-refractivity contribution in [3.8, 4) is 5.88 Å². The van der Waals surface area contributed by atoms with Crippen LogP contribution in [0.25, 0.3) is 0 Å². The number of rotatable bonds is 17. The number of carboxylic acids is 1. The fourth-order valence-electron chi connectivity index (χ4n) is 3.95. The predicted octanol–water partition coefficient (Wildman–Crippen LogP) is 6.57. The van der Waals surface area contributed by atoms with E-state index in [4.69, 9.17) is 9.84 Å². The maximum atomic E-state index is 10.9. The number of unbranched alkanes of at least 4 members (excludes halogenated alkanes) is 7. The van der Waals surface area contributed by atoms with Gasteiger partial charge in [-0.3, -0.25) is 0 Å². The lowest BCUT2D eigenvalue weighted by Gasteiger charge is -2.33. The number of nitrogens with one attached hydrogen (secondary N) is 1. The molecule has 0 radical (unpaired) electrons. The van der Waals surface area contributed by atoms with Crippen molar-refractivity contribution in [3.05, 3.63) is 23.4 Å². The largest absolute Gasteiger partial charge is 0.477 e. The summed E-state index contributed by atoms with van der Waals surface area (Å²) in [6, 6.07) is 3.43. The number of ether oxygens (including phenoxy) is 1. The Morgan fingerprint density at radius 2 is 1.71 bits per heavy atom. The number of carbonyl (C=O) groups is 1. The first kappa shape index (κ1) is 29.6. The second-order valence-electron chi connectivity index (χ2n) is 11.1. The van der Waals surface area contributed by atoms with Crippen molar-refractivity contribution < 1.29 is 19.7 Å². The average molecular weight is 491 g/mol. The van der Waals surface area contributed by atoms with Crippen LogP contribution >= 0.6 is 0 Å². The van der Waals surface area contributed by atoms with Crippen LogP contribution in [-0.4, -0.2) is 46.5 Å². The predicted molar refractivity (Wildman–Crippen MR) is 142 cm³/mol. The molecule has 2 fully saturated rings. The third kappa shape index (κ3) is 11.3. The SMILES string of the molecule is CCCCCCCCCCN[C@](C)(CO)C(C)C.O=C(O)c1ccc(C2CC2)c(OCC2CC2)n1. The minimum Gasteiger partial charge on any atom is -0.477 e. The topological polar surface area (TPSA) is 91.7 Å². The summed E-state index contributed by atoms with van der Waals surface area (Å²) in [4.78, 5) is 15.0. The van der Waals surface area contributed by atoms with Crippen LogP contribution in [0.5, 0.6) is 5.88 Å². The molecule has 0 aliphatic heterocycles. The van der Waals surface area contributed by atoms with Gasteiger partial charge in [0.15, 0.2) is 5.69 Å². The Labute approximate surface area is 213 Å². The van der Waals surface area contributed by atoms with Crippen molar-refractivity contribution in [2.24, 2.45) is 11.8 Å². The Hall–Kier alpha value is -1.66. The third-order valence-corrected chi connectivity index (χ3v) is 7.44. The molecule has 1 aromatic heterocycles. The van der Waals surface area contributed by atoms with Crippen LogP contribution in [0.3, 0.4) is 0 Å². The summed E-state index contributed by atoms with van der Waals surface area (Å²) in [5, 5.41) is 21.8.